The SMILES string of the molecule is CCC(=O)Nc1ccc(N2C(=S)NC(c3ccccn3)C2c2cc(C)[nH]c2C)cc1C. The van der Waals surface area contributed by atoms with Gasteiger partial charge in [0.05, 0.1) is 17.8 Å². The first-order valence-corrected chi connectivity index (χ1v) is 10.9. The number of carbonyl (C=O) groups excluding carboxylic acids is 1. The summed E-state index contributed by atoms with van der Waals surface area (Å²) in [7, 11) is 0. The highest BCUT2D eigenvalue weighted by Gasteiger charge is 2.41. The molecule has 4 rings (SSSR count). The second kappa shape index (κ2) is 8.51. The quantitative estimate of drug-likeness (QED) is 0.501. The van der Waals surface area contributed by atoms with Crippen LogP contribution in [0.4, 0.5) is 11.4 Å². The number of nitrogens with zero attached hydrogens (tertiary/aromatic N) is 2. The molecule has 3 N–H and O–H groups in total. The van der Waals surface area contributed by atoms with Gasteiger partial charge in [0.1, 0.15) is 0 Å². The first-order valence-electron chi connectivity index (χ1n) is 10.5. The minimum atomic E-state index is -0.0811. The van der Waals surface area contributed by atoms with Gasteiger partial charge >= 0.3 is 0 Å². The van der Waals surface area contributed by atoms with Crippen LogP contribution in [0.25, 0.3) is 0 Å². The van der Waals surface area contributed by atoms with E-state index < -0.39 is 0 Å². The Morgan fingerprint density at radius 2 is 2.00 bits per heavy atom. The maximum absolute atomic E-state index is 11.8. The van der Waals surface area contributed by atoms with Gasteiger partial charge in [0.15, 0.2) is 5.11 Å². The predicted molar refractivity (Wildman–Crippen MR) is 128 cm³/mol. The number of aromatic nitrogens is 2. The van der Waals surface area contributed by atoms with Gasteiger partial charge in [-0.2, -0.15) is 0 Å². The van der Waals surface area contributed by atoms with E-state index in [-0.39, 0.29) is 18.0 Å². The Morgan fingerprint density at radius 1 is 1.19 bits per heavy atom. The van der Waals surface area contributed by atoms with Gasteiger partial charge in [-0.05, 0) is 80.5 Å². The molecule has 1 fully saturated rings. The fourth-order valence-electron chi connectivity index (χ4n) is 4.18. The number of nitrogens with one attached hydrogen (secondary N) is 3. The number of aromatic amines is 1. The van der Waals surface area contributed by atoms with Crippen molar-refractivity contribution in [3.63, 3.8) is 0 Å². The summed E-state index contributed by atoms with van der Waals surface area (Å²) in [5.74, 6) is 0.000672. The zero-order chi connectivity index (χ0) is 22.1. The maximum Gasteiger partial charge on any atom is 0.224 e. The summed E-state index contributed by atoms with van der Waals surface area (Å²) in [5.41, 5.74) is 7.14. The Hall–Kier alpha value is -3.19. The fourth-order valence-corrected chi connectivity index (χ4v) is 4.52. The molecule has 0 aliphatic carbocycles. The molecule has 2 atom stereocenters. The molecular formula is C24H27N5OS. The molecule has 7 heteroatoms. The number of hydrogen-bond acceptors (Lipinski definition) is 3. The lowest BCUT2D eigenvalue weighted by Gasteiger charge is -2.28. The summed E-state index contributed by atoms with van der Waals surface area (Å²) in [6.07, 6.45) is 2.26. The number of pyridine rings is 1. The van der Waals surface area contributed by atoms with Crippen molar-refractivity contribution >= 4 is 34.6 Å². The van der Waals surface area contributed by atoms with Crippen molar-refractivity contribution < 1.29 is 4.79 Å². The van der Waals surface area contributed by atoms with Gasteiger partial charge in [-0.25, -0.2) is 0 Å². The third-order valence-corrected chi connectivity index (χ3v) is 6.00. The standard InChI is InChI=1S/C24H27N5OS/c1-5-21(30)27-19-10-9-17(12-14(19)2)29-23(18-13-15(3)26-16(18)4)22(28-24(29)31)20-8-6-7-11-25-20/h6-13,22-23,26H,5H2,1-4H3,(H,27,30)(H,28,31). The number of benzene rings is 1. The highest BCUT2D eigenvalue weighted by molar-refractivity contribution is 7.80. The molecule has 2 aromatic heterocycles. The highest BCUT2D eigenvalue weighted by Crippen LogP contribution is 2.43. The van der Waals surface area contributed by atoms with Crippen LogP contribution in [-0.4, -0.2) is 21.0 Å². The van der Waals surface area contributed by atoms with E-state index in [1.165, 1.54) is 5.56 Å². The van der Waals surface area contributed by atoms with Gasteiger partial charge < -0.3 is 20.5 Å². The molecule has 31 heavy (non-hydrogen) atoms. The smallest absolute Gasteiger partial charge is 0.224 e. The van der Waals surface area contributed by atoms with Crippen LogP contribution in [0.15, 0.2) is 48.7 Å². The molecule has 6 nitrogen and oxygen atoms in total. The third-order valence-electron chi connectivity index (χ3n) is 5.69. The molecule has 0 radical (unpaired) electrons. The normalized spacial score (nSPS) is 18.2. The van der Waals surface area contributed by atoms with Gasteiger partial charge in [-0.3, -0.25) is 9.78 Å². The Kier molecular flexibility index (Phi) is 5.78. The molecule has 1 aliphatic heterocycles. The van der Waals surface area contributed by atoms with E-state index in [1.807, 2.05) is 50.4 Å². The maximum atomic E-state index is 11.8. The van der Waals surface area contributed by atoms with E-state index >= 15 is 0 Å². The number of H-pyrrole nitrogens is 1. The molecule has 1 amide bonds. The monoisotopic (exact) mass is 433 g/mol. The first-order chi connectivity index (χ1) is 14.9. The van der Waals surface area contributed by atoms with E-state index in [0.29, 0.717) is 11.5 Å². The zero-order valence-electron chi connectivity index (χ0n) is 18.2. The lowest BCUT2D eigenvalue weighted by atomic mass is 9.96. The van der Waals surface area contributed by atoms with Crippen LogP contribution in [0.2, 0.25) is 0 Å². The lowest BCUT2D eigenvalue weighted by molar-refractivity contribution is -0.115. The van der Waals surface area contributed by atoms with Gasteiger partial charge in [0.25, 0.3) is 0 Å². The van der Waals surface area contributed by atoms with Crippen LogP contribution in [0.5, 0.6) is 0 Å². The number of anilines is 2. The van der Waals surface area contributed by atoms with Crippen LogP contribution >= 0.6 is 12.2 Å². The van der Waals surface area contributed by atoms with Gasteiger partial charge in [-0.1, -0.05) is 13.0 Å². The minimum Gasteiger partial charge on any atom is -0.362 e. The molecule has 0 spiro atoms. The van der Waals surface area contributed by atoms with E-state index in [0.717, 1.165) is 34.0 Å². The van der Waals surface area contributed by atoms with Crippen molar-refractivity contribution in [2.24, 2.45) is 0 Å². The molecule has 2 unspecified atom stereocenters. The number of amides is 1. The van der Waals surface area contributed by atoms with E-state index in [2.05, 4.69) is 51.5 Å². The number of thiocarbonyl (C=S) groups is 1. The number of rotatable bonds is 5. The van der Waals surface area contributed by atoms with E-state index in [4.69, 9.17) is 12.2 Å². The summed E-state index contributed by atoms with van der Waals surface area (Å²) >= 11 is 5.80. The molecule has 1 aliphatic rings. The second-order valence-electron chi connectivity index (χ2n) is 7.93. The van der Waals surface area contributed by atoms with Gasteiger partial charge in [0, 0.05) is 35.4 Å². The van der Waals surface area contributed by atoms with Crippen LogP contribution in [0, 0.1) is 20.8 Å². The zero-order valence-corrected chi connectivity index (χ0v) is 19.0. The van der Waals surface area contributed by atoms with Crippen LogP contribution in [0.1, 0.15) is 53.6 Å². The van der Waals surface area contributed by atoms with E-state index in [9.17, 15) is 4.79 Å². The topological polar surface area (TPSA) is 73.1 Å². The van der Waals surface area contributed by atoms with Crippen LogP contribution in [0.3, 0.4) is 0 Å². The molecule has 0 bridgehead atoms. The Labute approximate surface area is 188 Å². The second-order valence-corrected chi connectivity index (χ2v) is 8.32. The molecule has 0 saturated carbocycles. The summed E-state index contributed by atoms with van der Waals surface area (Å²) < 4.78 is 0. The predicted octanol–water partition coefficient (Wildman–Crippen LogP) is 4.86. The van der Waals surface area contributed by atoms with Crippen LogP contribution < -0.4 is 15.5 Å². The summed E-state index contributed by atoms with van der Waals surface area (Å²) in [6.45, 7) is 7.99. The Balaban J connectivity index is 1.78. The van der Waals surface area contributed by atoms with Crippen molar-refractivity contribution in [2.45, 2.75) is 46.2 Å². The van der Waals surface area contributed by atoms with E-state index in [1.54, 1.807) is 0 Å². The lowest BCUT2D eigenvalue weighted by Crippen LogP contribution is -2.29. The van der Waals surface area contributed by atoms with Crippen molar-refractivity contribution in [3.8, 4) is 0 Å². The Bertz CT molecular complexity index is 1120. The molecule has 3 aromatic rings. The number of carbonyl (C=O) groups is 1. The molecule has 160 valence electrons. The van der Waals surface area contributed by atoms with Crippen LogP contribution in [-0.2, 0) is 4.79 Å². The fraction of sp³-hybridized carbons (Fsp3) is 0.292. The summed E-state index contributed by atoms with van der Waals surface area (Å²) in [4.78, 5) is 22.0. The average Bonchev–Trinajstić information content (AvgIpc) is 3.27. The third kappa shape index (κ3) is 4.05. The molecule has 1 aromatic carbocycles. The highest BCUT2D eigenvalue weighted by atomic mass is 32.1. The van der Waals surface area contributed by atoms with Crippen molar-refractivity contribution in [1.82, 2.24) is 15.3 Å². The molecule has 3 heterocycles. The summed E-state index contributed by atoms with van der Waals surface area (Å²) in [6, 6.07) is 14.0. The first kappa shape index (κ1) is 21.1. The number of aryl methyl sites for hydroxylation is 3. The van der Waals surface area contributed by atoms with Gasteiger partial charge in [-0.15, -0.1) is 0 Å². The minimum absolute atomic E-state index is 0.000672. The van der Waals surface area contributed by atoms with Crippen molar-refractivity contribution in [3.05, 3.63) is 76.9 Å². The Morgan fingerprint density at radius 3 is 2.61 bits per heavy atom. The average molecular weight is 434 g/mol. The largest absolute Gasteiger partial charge is 0.362 e. The van der Waals surface area contributed by atoms with Crippen molar-refractivity contribution in [2.75, 3.05) is 10.2 Å². The summed E-state index contributed by atoms with van der Waals surface area (Å²) in [5, 5.41) is 7.10. The number of hydrogen-bond donors (Lipinski definition) is 3. The molecular weight excluding hydrogens is 406 g/mol. The van der Waals surface area contributed by atoms with Crippen molar-refractivity contribution in [1.29, 1.82) is 0 Å². The van der Waals surface area contributed by atoms with Gasteiger partial charge in [0.2, 0.25) is 5.91 Å². The molecule has 1 saturated heterocycles.